The van der Waals surface area contributed by atoms with Crippen LogP contribution in [-0.4, -0.2) is 34.1 Å². The Balaban J connectivity index is 2.05. The molecule has 1 aliphatic carbocycles. The Hall–Kier alpha value is -1.59. The number of hydrogen-bond donors (Lipinski definition) is 2. The highest BCUT2D eigenvalue weighted by atomic mass is 16.5. The molecule has 118 valence electrons. The van der Waals surface area contributed by atoms with E-state index in [0.29, 0.717) is 36.5 Å². The van der Waals surface area contributed by atoms with Crippen LogP contribution in [0.15, 0.2) is 0 Å². The van der Waals surface area contributed by atoms with Crippen LogP contribution in [0, 0.1) is 5.92 Å². The molecule has 6 nitrogen and oxygen atoms in total. The van der Waals surface area contributed by atoms with E-state index in [2.05, 4.69) is 32.5 Å². The van der Waals surface area contributed by atoms with Crippen LogP contribution in [0.3, 0.4) is 0 Å². The van der Waals surface area contributed by atoms with E-state index < -0.39 is 0 Å². The van der Waals surface area contributed by atoms with Crippen LogP contribution in [0.4, 0.5) is 11.9 Å². The molecule has 0 radical (unpaired) electrons. The molecule has 6 heteroatoms. The highest BCUT2D eigenvalue weighted by Gasteiger charge is 2.21. The summed E-state index contributed by atoms with van der Waals surface area (Å²) >= 11 is 0. The van der Waals surface area contributed by atoms with Gasteiger partial charge >= 0.3 is 6.01 Å². The molecule has 0 aromatic carbocycles. The number of rotatable bonds is 7. The topological polar surface area (TPSA) is 72.0 Å². The van der Waals surface area contributed by atoms with Gasteiger partial charge in [-0.1, -0.05) is 19.3 Å². The molecule has 1 aromatic heterocycles. The zero-order chi connectivity index (χ0) is 15.1. The molecule has 21 heavy (non-hydrogen) atoms. The first kappa shape index (κ1) is 15.8. The maximum atomic E-state index is 5.42. The van der Waals surface area contributed by atoms with Crippen molar-refractivity contribution in [2.24, 2.45) is 5.92 Å². The molecule has 1 aromatic rings. The fraction of sp³-hybridized carbons (Fsp3) is 0.800. The molecule has 1 saturated carbocycles. The fourth-order valence-corrected chi connectivity index (χ4v) is 2.81. The smallest absolute Gasteiger partial charge is 0.323 e. The van der Waals surface area contributed by atoms with Crippen molar-refractivity contribution in [1.82, 2.24) is 15.0 Å². The summed E-state index contributed by atoms with van der Waals surface area (Å²) in [6.07, 6.45) is 6.62. The third-order valence-corrected chi connectivity index (χ3v) is 3.94. The predicted octanol–water partition coefficient (Wildman–Crippen LogP) is 3.08. The summed E-state index contributed by atoms with van der Waals surface area (Å²) in [5.41, 5.74) is 0. The molecular formula is C15H27N5O. The van der Waals surface area contributed by atoms with Gasteiger partial charge in [0.05, 0.1) is 6.61 Å². The van der Waals surface area contributed by atoms with E-state index in [4.69, 9.17) is 4.74 Å². The van der Waals surface area contributed by atoms with Crippen molar-refractivity contribution in [2.75, 3.05) is 23.8 Å². The van der Waals surface area contributed by atoms with Gasteiger partial charge in [0, 0.05) is 12.6 Å². The van der Waals surface area contributed by atoms with Gasteiger partial charge in [0.15, 0.2) is 0 Å². The maximum Gasteiger partial charge on any atom is 0.323 e. The second kappa shape index (κ2) is 8.00. The number of anilines is 2. The highest BCUT2D eigenvalue weighted by molar-refractivity contribution is 5.36. The van der Waals surface area contributed by atoms with E-state index >= 15 is 0 Å². The van der Waals surface area contributed by atoms with Crippen molar-refractivity contribution >= 4 is 11.9 Å². The highest BCUT2D eigenvalue weighted by Crippen LogP contribution is 2.27. The molecule has 0 aliphatic heterocycles. The summed E-state index contributed by atoms with van der Waals surface area (Å²) in [6, 6.07) is 0.749. The van der Waals surface area contributed by atoms with E-state index in [0.717, 1.165) is 6.54 Å². The van der Waals surface area contributed by atoms with Crippen LogP contribution in [0.5, 0.6) is 6.01 Å². The summed E-state index contributed by atoms with van der Waals surface area (Å²) in [4.78, 5) is 13.0. The van der Waals surface area contributed by atoms with Crippen molar-refractivity contribution in [3.05, 3.63) is 0 Å². The first-order chi connectivity index (χ1) is 10.2. The van der Waals surface area contributed by atoms with Gasteiger partial charge in [0.1, 0.15) is 0 Å². The number of aromatic nitrogens is 3. The second-order valence-electron chi connectivity index (χ2n) is 5.56. The normalized spacial score (nSPS) is 17.3. The number of hydrogen-bond acceptors (Lipinski definition) is 6. The molecule has 1 fully saturated rings. The molecule has 1 atom stereocenters. The van der Waals surface area contributed by atoms with Crippen LogP contribution in [0.2, 0.25) is 0 Å². The average molecular weight is 293 g/mol. The van der Waals surface area contributed by atoms with Gasteiger partial charge in [-0.15, -0.1) is 0 Å². The Morgan fingerprint density at radius 1 is 1.10 bits per heavy atom. The SMILES string of the molecule is CCNc1nc(NC(C)C2CCCCC2)nc(OCC)n1. The van der Waals surface area contributed by atoms with Crippen molar-refractivity contribution < 1.29 is 4.74 Å². The number of nitrogens with one attached hydrogen (secondary N) is 2. The predicted molar refractivity (Wildman–Crippen MR) is 84.8 cm³/mol. The van der Waals surface area contributed by atoms with Gasteiger partial charge in [-0.25, -0.2) is 0 Å². The minimum atomic E-state index is 0.372. The van der Waals surface area contributed by atoms with Crippen molar-refractivity contribution in [1.29, 1.82) is 0 Å². The molecular weight excluding hydrogens is 266 g/mol. The fourth-order valence-electron chi connectivity index (χ4n) is 2.81. The minimum Gasteiger partial charge on any atom is -0.464 e. The van der Waals surface area contributed by atoms with Crippen LogP contribution >= 0.6 is 0 Å². The zero-order valence-electron chi connectivity index (χ0n) is 13.4. The quantitative estimate of drug-likeness (QED) is 0.805. The molecule has 2 rings (SSSR count). The number of ether oxygens (including phenoxy) is 1. The summed E-state index contributed by atoms with van der Waals surface area (Å²) < 4.78 is 5.42. The Kier molecular flexibility index (Phi) is 6.02. The largest absolute Gasteiger partial charge is 0.464 e. The van der Waals surface area contributed by atoms with E-state index in [-0.39, 0.29) is 0 Å². The third kappa shape index (κ3) is 4.72. The van der Waals surface area contributed by atoms with Gasteiger partial charge in [-0.3, -0.25) is 0 Å². The Labute approximate surface area is 127 Å². The van der Waals surface area contributed by atoms with Crippen LogP contribution < -0.4 is 15.4 Å². The Morgan fingerprint density at radius 2 is 1.81 bits per heavy atom. The van der Waals surface area contributed by atoms with Crippen LogP contribution in [0.25, 0.3) is 0 Å². The lowest BCUT2D eigenvalue weighted by molar-refractivity contribution is 0.310. The van der Waals surface area contributed by atoms with Crippen molar-refractivity contribution in [2.45, 2.75) is 58.9 Å². The van der Waals surface area contributed by atoms with E-state index in [1.165, 1.54) is 32.1 Å². The van der Waals surface area contributed by atoms with Gasteiger partial charge in [-0.05, 0) is 39.5 Å². The first-order valence-corrected chi connectivity index (χ1v) is 8.12. The maximum absolute atomic E-state index is 5.42. The standard InChI is InChI=1S/C15H27N5O/c1-4-16-13-18-14(20-15(19-13)21-5-2)17-11(3)12-9-7-6-8-10-12/h11-12H,4-10H2,1-3H3,(H2,16,17,18,19,20). The molecule has 1 aliphatic rings. The van der Waals surface area contributed by atoms with Crippen LogP contribution in [-0.2, 0) is 0 Å². The molecule has 0 saturated heterocycles. The molecule has 2 N–H and O–H groups in total. The minimum absolute atomic E-state index is 0.372. The average Bonchev–Trinajstić information content (AvgIpc) is 2.48. The van der Waals surface area contributed by atoms with Gasteiger partial charge in [-0.2, -0.15) is 15.0 Å². The van der Waals surface area contributed by atoms with Gasteiger partial charge in [0.25, 0.3) is 0 Å². The summed E-state index contributed by atoms with van der Waals surface area (Å²) in [5, 5.41) is 6.54. The van der Waals surface area contributed by atoms with Crippen LogP contribution in [0.1, 0.15) is 52.9 Å². The molecule has 0 spiro atoms. The number of nitrogens with zero attached hydrogens (tertiary/aromatic N) is 3. The zero-order valence-corrected chi connectivity index (χ0v) is 13.4. The molecule has 0 amide bonds. The summed E-state index contributed by atoms with van der Waals surface area (Å²) in [5.74, 6) is 1.87. The van der Waals surface area contributed by atoms with E-state index in [1.807, 2.05) is 13.8 Å². The van der Waals surface area contributed by atoms with Crippen molar-refractivity contribution in [3.63, 3.8) is 0 Å². The van der Waals surface area contributed by atoms with Gasteiger partial charge < -0.3 is 15.4 Å². The summed E-state index contributed by atoms with van der Waals surface area (Å²) in [6.45, 7) is 7.48. The third-order valence-electron chi connectivity index (χ3n) is 3.94. The Morgan fingerprint density at radius 3 is 2.48 bits per heavy atom. The summed E-state index contributed by atoms with van der Waals surface area (Å²) in [7, 11) is 0. The lowest BCUT2D eigenvalue weighted by Crippen LogP contribution is -2.28. The van der Waals surface area contributed by atoms with Gasteiger partial charge in [0.2, 0.25) is 11.9 Å². The Bertz CT molecular complexity index is 410. The van der Waals surface area contributed by atoms with Crippen molar-refractivity contribution in [3.8, 4) is 6.01 Å². The molecule has 1 unspecified atom stereocenters. The lowest BCUT2D eigenvalue weighted by atomic mass is 9.85. The lowest BCUT2D eigenvalue weighted by Gasteiger charge is -2.28. The first-order valence-electron chi connectivity index (χ1n) is 8.12. The molecule has 0 bridgehead atoms. The second-order valence-corrected chi connectivity index (χ2v) is 5.56. The monoisotopic (exact) mass is 293 g/mol. The molecule has 1 heterocycles. The van der Waals surface area contributed by atoms with E-state index in [1.54, 1.807) is 0 Å². The van der Waals surface area contributed by atoms with E-state index in [9.17, 15) is 0 Å².